The van der Waals surface area contributed by atoms with Gasteiger partial charge in [-0.15, -0.1) is 12.4 Å². The molecule has 0 aromatic heterocycles. The third-order valence-electron chi connectivity index (χ3n) is 4.16. The number of hydrogen-bond donors (Lipinski definition) is 2. The molecule has 2 fully saturated rings. The molecule has 3 nitrogen and oxygen atoms in total. The second-order valence-corrected chi connectivity index (χ2v) is 5.75. The fourth-order valence-electron chi connectivity index (χ4n) is 2.60. The smallest absolute Gasteiger partial charge is 0.223 e. The minimum absolute atomic E-state index is 0. The van der Waals surface area contributed by atoms with Crippen LogP contribution >= 0.6 is 12.4 Å². The average molecular weight is 299 g/mol. The molecule has 1 aromatic rings. The number of carbonyl (C=O) groups is 1. The molecule has 5 heteroatoms. The average Bonchev–Trinajstić information content (AvgIpc) is 3.28. The highest BCUT2D eigenvalue weighted by molar-refractivity contribution is 5.85. The topological polar surface area (TPSA) is 55.1 Å². The molecule has 110 valence electrons. The first-order chi connectivity index (χ1) is 9.15. The molecule has 2 saturated carbocycles. The van der Waals surface area contributed by atoms with E-state index in [1.54, 1.807) is 12.1 Å². The van der Waals surface area contributed by atoms with Gasteiger partial charge in [0, 0.05) is 18.5 Å². The molecule has 2 aliphatic carbocycles. The van der Waals surface area contributed by atoms with Crippen molar-refractivity contribution in [3.05, 3.63) is 35.6 Å². The molecule has 0 heterocycles. The monoisotopic (exact) mass is 298 g/mol. The lowest BCUT2D eigenvalue weighted by Crippen LogP contribution is -2.39. The summed E-state index contributed by atoms with van der Waals surface area (Å²) in [6.45, 7) is 0.580. The summed E-state index contributed by atoms with van der Waals surface area (Å²) in [7, 11) is 0. The summed E-state index contributed by atoms with van der Waals surface area (Å²) >= 11 is 0. The highest BCUT2D eigenvalue weighted by Crippen LogP contribution is 2.47. The molecule has 1 amide bonds. The van der Waals surface area contributed by atoms with Crippen molar-refractivity contribution in [2.45, 2.75) is 31.2 Å². The Morgan fingerprint density at radius 2 is 2.00 bits per heavy atom. The molecule has 0 bridgehead atoms. The fraction of sp³-hybridized carbons (Fsp3) is 0.533. The van der Waals surface area contributed by atoms with Gasteiger partial charge in [0.1, 0.15) is 5.82 Å². The van der Waals surface area contributed by atoms with E-state index in [0.29, 0.717) is 12.5 Å². The largest absolute Gasteiger partial charge is 0.354 e. The van der Waals surface area contributed by atoms with Crippen molar-refractivity contribution in [1.29, 1.82) is 0 Å². The molecular formula is C15H20ClFN2O. The molecule has 0 saturated heterocycles. The Hall–Kier alpha value is -1.13. The number of carbonyl (C=O) groups excluding carboxylic acids is 1. The lowest BCUT2D eigenvalue weighted by molar-refractivity contribution is -0.122. The van der Waals surface area contributed by atoms with E-state index in [1.165, 1.54) is 25.0 Å². The molecule has 20 heavy (non-hydrogen) atoms. The standard InChI is InChI=1S/C15H19FN2O.ClH/c16-11-5-3-9(4-6-11)12-7-13(12)15(19)18-8-14(17)10-1-2-10;/h3-6,10,12-14H,1-2,7-8,17H2,(H,18,19);1H. The third-order valence-corrected chi connectivity index (χ3v) is 4.16. The van der Waals surface area contributed by atoms with Crippen molar-refractivity contribution in [2.75, 3.05) is 6.54 Å². The third kappa shape index (κ3) is 3.49. The van der Waals surface area contributed by atoms with Crippen LogP contribution in [0, 0.1) is 17.7 Å². The maximum Gasteiger partial charge on any atom is 0.223 e. The number of nitrogens with two attached hydrogens (primary N) is 1. The summed E-state index contributed by atoms with van der Waals surface area (Å²) in [5.41, 5.74) is 7.00. The minimum Gasteiger partial charge on any atom is -0.354 e. The molecule has 2 aliphatic rings. The zero-order valence-electron chi connectivity index (χ0n) is 11.2. The van der Waals surface area contributed by atoms with E-state index in [4.69, 9.17) is 5.73 Å². The second-order valence-electron chi connectivity index (χ2n) is 5.75. The van der Waals surface area contributed by atoms with Crippen LogP contribution in [0.4, 0.5) is 4.39 Å². The fourth-order valence-corrected chi connectivity index (χ4v) is 2.60. The zero-order chi connectivity index (χ0) is 13.4. The Balaban J connectivity index is 0.00000147. The predicted molar refractivity (Wildman–Crippen MR) is 78.2 cm³/mol. The van der Waals surface area contributed by atoms with Gasteiger partial charge in [0.25, 0.3) is 0 Å². The van der Waals surface area contributed by atoms with Crippen molar-refractivity contribution in [2.24, 2.45) is 17.6 Å². The van der Waals surface area contributed by atoms with Crippen LogP contribution in [-0.4, -0.2) is 18.5 Å². The molecule has 3 atom stereocenters. The van der Waals surface area contributed by atoms with Crippen molar-refractivity contribution >= 4 is 18.3 Å². The van der Waals surface area contributed by atoms with Gasteiger partial charge in [-0.3, -0.25) is 4.79 Å². The molecule has 0 radical (unpaired) electrons. The van der Waals surface area contributed by atoms with Gasteiger partial charge in [0.2, 0.25) is 5.91 Å². The normalized spacial score (nSPS) is 25.5. The molecule has 3 unspecified atom stereocenters. The summed E-state index contributed by atoms with van der Waals surface area (Å²) in [6, 6.07) is 6.54. The van der Waals surface area contributed by atoms with Crippen LogP contribution in [0.15, 0.2) is 24.3 Å². The highest BCUT2D eigenvalue weighted by Gasteiger charge is 2.44. The van der Waals surface area contributed by atoms with Gasteiger partial charge in [-0.05, 0) is 48.8 Å². The summed E-state index contributed by atoms with van der Waals surface area (Å²) < 4.78 is 12.8. The quantitative estimate of drug-likeness (QED) is 0.875. The van der Waals surface area contributed by atoms with Crippen LogP contribution in [0.1, 0.15) is 30.7 Å². The Labute approximate surface area is 124 Å². The highest BCUT2D eigenvalue weighted by atomic mass is 35.5. The lowest BCUT2D eigenvalue weighted by Gasteiger charge is -2.11. The van der Waals surface area contributed by atoms with Crippen LogP contribution < -0.4 is 11.1 Å². The number of benzene rings is 1. The Bertz CT molecular complexity index is 475. The molecule has 0 spiro atoms. The number of rotatable bonds is 5. The first-order valence-corrected chi connectivity index (χ1v) is 6.94. The zero-order valence-corrected chi connectivity index (χ0v) is 12.0. The van der Waals surface area contributed by atoms with Crippen molar-refractivity contribution in [3.8, 4) is 0 Å². The van der Waals surface area contributed by atoms with Crippen LogP contribution in [0.25, 0.3) is 0 Å². The maximum absolute atomic E-state index is 12.8. The van der Waals surface area contributed by atoms with E-state index in [1.807, 2.05) is 0 Å². The Morgan fingerprint density at radius 1 is 1.35 bits per heavy atom. The summed E-state index contributed by atoms with van der Waals surface area (Å²) in [5, 5.41) is 2.94. The summed E-state index contributed by atoms with van der Waals surface area (Å²) in [5.74, 6) is 0.744. The number of nitrogens with one attached hydrogen (secondary N) is 1. The first kappa shape index (κ1) is 15.3. The summed E-state index contributed by atoms with van der Waals surface area (Å²) in [6.07, 6.45) is 3.24. The van der Waals surface area contributed by atoms with Crippen LogP contribution in [0.2, 0.25) is 0 Å². The van der Waals surface area contributed by atoms with E-state index in [9.17, 15) is 9.18 Å². The molecule has 3 N–H and O–H groups in total. The molecule has 0 aliphatic heterocycles. The Kier molecular flexibility index (Phi) is 4.66. The van der Waals surface area contributed by atoms with Gasteiger partial charge in [0.15, 0.2) is 0 Å². The van der Waals surface area contributed by atoms with E-state index in [2.05, 4.69) is 5.32 Å². The molecule has 1 aromatic carbocycles. The summed E-state index contributed by atoms with van der Waals surface area (Å²) in [4.78, 5) is 12.0. The maximum atomic E-state index is 12.8. The second kappa shape index (κ2) is 6.10. The van der Waals surface area contributed by atoms with E-state index in [-0.39, 0.29) is 42.0 Å². The Morgan fingerprint density at radius 3 is 2.60 bits per heavy atom. The number of amides is 1. The van der Waals surface area contributed by atoms with Gasteiger partial charge < -0.3 is 11.1 Å². The van der Waals surface area contributed by atoms with Gasteiger partial charge in [-0.1, -0.05) is 12.1 Å². The van der Waals surface area contributed by atoms with Gasteiger partial charge in [-0.25, -0.2) is 4.39 Å². The van der Waals surface area contributed by atoms with Crippen LogP contribution in [0.3, 0.4) is 0 Å². The van der Waals surface area contributed by atoms with Crippen LogP contribution in [-0.2, 0) is 4.79 Å². The first-order valence-electron chi connectivity index (χ1n) is 6.94. The minimum atomic E-state index is -0.235. The number of hydrogen-bond acceptors (Lipinski definition) is 2. The van der Waals surface area contributed by atoms with Crippen molar-refractivity contribution in [3.63, 3.8) is 0 Å². The van der Waals surface area contributed by atoms with Gasteiger partial charge in [-0.2, -0.15) is 0 Å². The van der Waals surface area contributed by atoms with E-state index in [0.717, 1.165) is 12.0 Å². The van der Waals surface area contributed by atoms with Crippen LogP contribution in [0.5, 0.6) is 0 Å². The van der Waals surface area contributed by atoms with E-state index >= 15 is 0 Å². The van der Waals surface area contributed by atoms with Crippen molar-refractivity contribution < 1.29 is 9.18 Å². The van der Waals surface area contributed by atoms with Gasteiger partial charge >= 0.3 is 0 Å². The predicted octanol–water partition coefficient (Wildman–Crippen LogP) is 2.20. The lowest BCUT2D eigenvalue weighted by atomic mass is 10.1. The van der Waals surface area contributed by atoms with Crippen molar-refractivity contribution in [1.82, 2.24) is 5.32 Å². The molecule has 3 rings (SSSR count). The molecular weight excluding hydrogens is 279 g/mol. The van der Waals surface area contributed by atoms with E-state index < -0.39 is 0 Å². The van der Waals surface area contributed by atoms with Gasteiger partial charge in [0.05, 0.1) is 0 Å². The SMILES string of the molecule is Cl.NC(CNC(=O)C1CC1c1ccc(F)cc1)C1CC1. The number of halogens is 2.